The van der Waals surface area contributed by atoms with Gasteiger partial charge in [-0.25, -0.2) is 4.98 Å². The van der Waals surface area contributed by atoms with E-state index < -0.39 is 0 Å². The third-order valence-corrected chi connectivity index (χ3v) is 10.7. The summed E-state index contributed by atoms with van der Waals surface area (Å²) < 4.78 is 0. The molecule has 0 fully saturated rings. The molecule has 0 saturated heterocycles. The maximum atomic E-state index is 4.94. The molecule has 0 aliphatic heterocycles. The fraction of sp³-hybridized carbons (Fsp3) is 0. The lowest BCUT2D eigenvalue weighted by Crippen LogP contribution is -2.11. The second-order valence-corrected chi connectivity index (χ2v) is 13.9. The summed E-state index contributed by atoms with van der Waals surface area (Å²) in [5, 5.41) is 7.19. The summed E-state index contributed by atoms with van der Waals surface area (Å²) in [6.07, 6.45) is 1.90. The maximum absolute atomic E-state index is 4.94. The van der Waals surface area contributed by atoms with E-state index in [2.05, 4.69) is 217 Å². The van der Waals surface area contributed by atoms with Crippen LogP contribution in [0.5, 0.6) is 0 Å². The van der Waals surface area contributed by atoms with E-state index in [9.17, 15) is 0 Å². The number of pyridine rings is 1. The summed E-state index contributed by atoms with van der Waals surface area (Å²) in [7, 11) is 0. The molecule has 0 atom stereocenters. The number of para-hydroxylation sites is 1. The molecule has 0 radical (unpaired) electrons. The van der Waals surface area contributed by atoms with Crippen molar-refractivity contribution in [3.63, 3.8) is 0 Å². The average molecular weight is 701 g/mol. The Bertz CT molecular complexity index is 2830. The molecule has 2 heteroatoms. The standard InChI is InChI=1S/C53H36N2/c1-4-16-37(17-5-1)41-34-42(38-18-6-2-7-19-38)36-43(35-41)52-49-26-14-12-24-47(49)51(48-25-13-15-27-50(48)52)40-28-30-45(31-29-40)55(44-21-8-3-9-22-44)53-46-23-11-10-20-39(46)32-33-54-53/h1-36H. The van der Waals surface area contributed by atoms with Crippen LogP contribution in [-0.4, -0.2) is 4.98 Å². The van der Waals surface area contributed by atoms with E-state index in [0.717, 1.165) is 28.0 Å². The third-order valence-electron chi connectivity index (χ3n) is 10.7. The number of nitrogens with zero attached hydrogens (tertiary/aromatic N) is 2. The molecular weight excluding hydrogens is 665 g/mol. The first-order valence-corrected chi connectivity index (χ1v) is 18.8. The maximum Gasteiger partial charge on any atom is 0.145 e. The molecular formula is C53H36N2. The Morgan fingerprint density at radius 2 is 0.709 bits per heavy atom. The van der Waals surface area contributed by atoms with Crippen molar-refractivity contribution in [2.75, 3.05) is 4.90 Å². The fourth-order valence-electron chi connectivity index (χ4n) is 8.15. The number of anilines is 3. The molecule has 10 rings (SSSR count). The second kappa shape index (κ2) is 13.9. The van der Waals surface area contributed by atoms with Crippen LogP contribution in [0.25, 0.3) is 76.8 Å². The lowest BCUT2D eigenvalue weighted by atomic mass is 9.84. The van der Waals surface area contributed by atoms with Gasteiger partial charge in [0.2, 0.25) is 0 Å². The van der Waals surface area contributed by atoms with Gasteiger partial charge < -0.3 is 0 Å². The van der Waals surface area contributed by atoms with Gasteiger partial charge in [-0.2, -0.15) is 0 Å². The van der Waals surface area contributed by atoms with Gasteiger partial charge in [0.1, 0.15) is 5.82 Å². The molecule has 0 unspecified atom stereocenters. The van der Waals surface area contributed by atoms with Crippen molar-refractivity contribution in [2.24, 2.45) is 0 Å². The van der Waals surface area contributed by atoms with Crippen LogP contribution in [0.2, 0.25) is 0 Å². The van der Waals surface area contributed by atoms with Crippen molar-refractivity contribution >= 4 is 49.5 Å². The van der Waals surface area contributed by atoms with Crippen LogP contribution in [0.1, 0.15) is 0 Å². The first kappa shape index (κ1) is 32.4. The zero-order chi connectivity index (χ0) is 36.6. The smallest absolute Gasteiger partial charge is 0.145 e. The molecule has 258 valence electrons. The molecule has 0 amide bonds. The van der Waals surface area contributed by atoms with Gasteiger partial charge >= 0.3 is 0 Å². The van der Waals surface area contributed by atoms with E-state index in [0.29, 0.717) is 0 Å². The van der Waals surface area contributed by atoms with Crippen molar-refractivity contribution in [1.82, 2.24) is 4.98 Å². The Balaban J connectivity index is 1.17. The van der Waals surface area contributed by atoms with Crippen LogP contribution < -0.4 is 4.90 Å². The van der Waals surface area contributed by atoms with Crippen LogP contribution in [0.15, 0.2) is 219 Å². The Labute approximate surface area is 321 Å². The molecule has 1 heterocycles. The van der Waals surface area contributed by atoms with Crippen molar-refractivity contribution < 1.29 is 0 Å². The highest BCUT2D eigenvalue weighted by Crippen LogP contribution is 2.46. The van der Waals surface area contributed by atoms with E-state index in [-0.39, 0.29) is 0 Å². The van der Waals surface area contributed by atoms with Crippen LogP contribution >= 0.6 is 0 Å². The van der Waals surface area contributed by atoms with Crippen molar-refractivity contribution in [2.45, 2.75) is 0 Å². The summed E-state index contributed by atoms with van der Waals surface area (Å²) in [6.45, 7) is 0. The van der Waals surface area contributed by atoms with Crippen molar-refractivity contribution in [1.29, 1.82) is 0 Å². The molecule has 10 aromatic rings. The molecule has 1 aromatic heterocycles. The van der Waals surface area contributed by atoms with Crippen LogP contribution in [0, 0.1) is 0 Å². The van der Waals surface area contributed by atoms with Gasteiger partial charge in [-0.05, 0) is 120 Å². The van der Waals surface area contributed by atoms with E-state index in [1.165, 1.54) is 66.1 Å². The molecule has 55 heavy (non-hydrogen) atoms. The SMILES string of the molecule is c1ccc(-c2cc(-c3ccccc3)cc(-c3c4ccccc4c(-c4ccc(N(c5ccccc5)c5nccc6ccccc56)cc4)c4ccccc34)c2)cc1. The van der Waals surface area contributed by atoms with E-state index >= 15 is 0 Å². The van der Waals surface area contributed by atoms with Gasteiger partial charge in [0, 0.05) is 23.0 Å². The molecule has 0 spiro atoms. The zero-order valence-corrected chi connectivity index (χ0v) is 30.2. The minimum Gasteiger partial charge on any atom is -0.295 e. The Morgan fingerprint density at radius 3 is 1.25 bits per heavy atom. The molecule has 0 aliphatic carbocycles. The molecule has 0 aliphatic rings. The molecule has 0 saturated carbocycles. The molecule has 0 bridgehead atoms. The molecule has 0 N–H and O–H groups in total. The van der Waals surface area contributed by atoms with E-state index in [1.54, 1.807) is 0 Å². The van der Waals surface area contributed by atoms with Crippen LogP contribution in [0.3, 0.4) is 0 Å². The predicted molar refractivity (Wildman–Crippen MR) is 233 cm³/mol. The lowest BCUT2D eigenvalue weighted by Gasteiger charge is -2.26. The largest absolute Gasteiger partial charge is 0.295 e. The Morgan fingerprint density at radius 1 is 0.291 bits per heavy atom. The third kappa shape index (κ3) is 5.91. The van der Waals surface area contributed by atoms with Gasteiger partial charge in [0.25, 0.3) is 0 Å². The van der Waals surface area contributed by atoms with Gasteiger partial charge in [-0.3, -0.25) is 4.90 Å². The van der Waals surface area contributed by atoms with E-state index in [1.807, 2.05) is 6.20 Å². The van der Waals surface area contributed by atoms with Gasteiger partial charge in [-0.1, -0.05) is 164 Å². The summed E-state index contributed by atoms with van der Waals surface area (Å²) >= 11 is 0. The Hall–Kier alpha value is -7.29. The lowest BCUT2D eigenvalue weighted by molar-refractivity contribution is 1.20. The number of hydrogen-bond acceptors (Lipinski definition) is 2. The number of rotatable bonds is 7. The number of hydrogen-bond donors (Lipinski definition) is 0. The quantitative estimate of drug-likeness (QED) is 0.154. The highest BCUT2D eigenvalue weighted by Gasteiger charge is 2.20. The molecule has 9 aromatic carbocycles. The second-order valence-electron chi connectivity index (χ2n) is 13.9. The monoisotopic (exact) mass is 700 g/mol. The number of benzene rings is 9. The van der Waals surface area contributed by atoms with Gasteiger partial charge in [0.15, 0.2) is 0 Å². The predicted octanol–water partition coefficient (Wildman–Crippen LogP) is 14.7. The minimum absolute atomic E-state index is 0.907. The minimum atomic E-state index is 0.907. The summed E-state index contributed by atoms with van der Waals surface area (Å²) in [5.41, 5.74) is 11.8. The first-order valence-electron chi connectivity index (χ1n) is 18.8. The zero-order valence-electron chi connectivity index (χ0n) is 30.2. The number of fused-ring (bicyclic) bond motifs is 3. The van der Waals surface area contributed by atoms with E-state index in [4.69, 9.17) is 4.98 Å². The summed E-state index contributed by atoms with van der Waals surface area (Å²) in [4.78, 5) is 7.20. The first-order chi connectivity index (χ1) is 27.3. The van der Waals surface area contributed by atoms with Gasteiger partial charge in [0.05, 0.1) is 0 Å². The van der Waals surface area contributed by atoms with Crippen molar-refractivity contribution in [3.05, 3.63) is 219 Å². The Kier molecular flexibility index (Phi) is 8.20. The highest BCUT2D eigenvalue weighted by molar-refractivity contribution is 6.21. The topological polar surface area (TPSA) is 16.1 Å². The molecule has 2 nitrogen and oxygen atoms in total. The highest BCUT2D eigenvalue weighted by atomic mass is 15.2. The van der Waals surface area contributed by atoms with Gasteiger partial charge in [-0.15, -0.1) is 0 Å². The number of aromatic nitrogens is 1. The summed E-state index contributed by atoms with van der Waals surface area (Å²) in [6, 6.07) is 76.4. The summed E-state index contributed by atoms with van der Waals surface area (Å²) in [5.74, 6) is 0.907. The normalized spacial score (nSPS) is 11.3. The van der Waals surface area contributed by atoms with Crippen molar-refractivity contribution in [3.8, 4) is 44.5 Å². The van der Waals surface area contributed by atoms with Crippen LogP contribution in [0.4, 0.5) is 17.2 Å². The average Bonchev–Trinajstić information content (AvgIpc) is 3.27. The fourth-order valence-corrected chi connectivity index (χ4v) is 8.15. The van der Waals surface area contributed by atoms with Crippen LogP contribution in [-0.2, 0) is 0 Å².